The Morgan fingerprint density at radius 1 is 1.00 bits per heavy atom. The summed E-state index contributed by atoms with van der Waals surface area (Å²) in [7, 11) is 0. The fourth-order valence-corrected chi connectivity index (χ4v) is 3.28. The molecule has 0 amide bonds. The summed E-state index contributed by atoms with van der Waals surface area (Å²) in [6.45, 7) is -0.122. The van der Waals surface area contributed by atoms with Gasteiger partial charge < -0.3 is 10.2 Å². The molecule has 2 N–H and O–H groups in total. The Morgan fingerprint density at radius 2 is 1.61 bits per heavy atom. The van der Waals surface area contributed by atoms with Crippen LogP contribution in [0.1, 0.15) is 17.5 Å². The minimum Gasteiger partial charge on any atom is -0.396 e. The Balaban J connectivity index is 1.99. The van der Waals surface area contributed by atoms with Gasteiger partial charge in [-0.05, 0) is 16.7 Å². The first kappa shape index (κ1) is 15.7. The normalized spacial score (nSPS) is 19.2. The van der Waals surface area contributed by atoms with Crippen molar-refractivity contribution in [3.05, 3.63) is 77.4 Å². The van der Waals surface area contributed by atoms with Crippen LogP contribution in [0.5, 0.6) is 0 Å². The molecule has 3 rings (SSSR count). The van der Waals surface area contributed by atoms with Crippen molar-refractivity contribution in [1.29, 1.82) is 0 Å². The fourth-order valence-electron chi connectivity index (χ4n) is 3.28. The quantitative estimate of drug-likeness (QED) is 0.893. The molecule has 118 valence electrons. The average Bonchev–Trinajstić information content (AvgIpc) is 2.93. The molecule has 2 atom stereocenters. The summed E-state index contributed by atoms with van der Waals surface area (Å²) in [6, 6.07) is 19.1. The maximum absolute atomic E-state index is 12.4. The van der Waals surface area contributed by atoms with E-state index in [-0.39, 0.29) is 24.7 Å². The summed E-state index contributed by atoms with van der Waals surface area (Å²) in [4.78, 5) is 12.4. The van der Waals surface area contributed by atoms with Crippen molar-refractivity contribution in [2.45, 2.75) is 18.9 Å². The van der Waals surface area contributed by atoms with Crippen LogP contribution in [0.25, 0.3) is 5.57 Å². The molecule has 2 aromatic rings. The number of allylic oxidation sites excluding steroid dienone is 1. The van der Waals surface area contributed by atoms with Crippen LogP contribution in [0.3, 0.4) is 0 Å². The maximum Gasteiger partial charge on any atom is 0.164 e. The first-order valence-corrected chi connectivity index (χ1v) is 7.86. The molecule has 3 nitrogen and oxygen atoms in total. The zero-order valence-corrected chi connectivity index (χ0v) is 12.9. The minimum atomic E-state index is -0.767. The van der Waals surface area contributed by atoms with Crippen molar-refractivity contribution in [2.24, 2.45) is 5.92 Å². The molecule has 0 radical (unpaired) electrons. The largest absolute Gasteiger partial charge is 0.396 e. The van der Waals surface area contributed by atoms with Crippen LogP contribution in [-0.2, 0) is 11.2 Å². The Kier molecular flexibility index (Phi) is 4.70. The molecule has 0 bridgehead atoms. The van der Waals surface area contributed by atoms with Gasteiger partial charge in [0.25, 0.3) is 0 Å². The lowest BCUT2D eigenvalue weighted by atomic mass is 9.90. The zero-order chi connectivity index (χ0) is 16.2. The van der Waals surface area contributed by atoms with Crippen LogP contribution in [-0.4, -0.2) is 28.7 Å². The predicted octanol–water partition coefficient (Wildman–Crippen LogP) is 2.63. The molecule has 1 aliphatic rings. The lowest BCUT2D eigenvalue weighted by Crippen LogP contribution is -2.21. The van der Waals surface area contributed by atoms with Crippen molar-refractivity contribution in [3.8, 4) is 0 Å². The van der Waals surface area contributed by atoms with Gasteiger partial charge in [-0.15, -0.1) is 0 Å². The van der Waals surface area contributed by atoms with Crippen LogP contribution in [0.15, 0.2) is 66.2 Å². The molecule has 0 aliphatic heterocycles. The first-order valence-electron chi connectivity index (χ1n) is 7.86. The van der Waals surface area contributed by atoms with Crippen LogP contribution >= 0.6 is 0 Å². The Hall–Kier alpha value is -2.23. The van der Waals surface area contributed by atoms with E-state index >= 15 is 0 Å². The predicted molar refractivity (Wildman–Crippen MR) is 89.7 cm³/mol. The Labute approximate surface area is 135 Å². The van der Waals surface area contributed by atoms with Crippen molar-refractivity contribution >= 4 is 11.4 Å². The van der Waals surface area contributed by atoms with Gasteiger partial charge in [-0.25, -0.2) is 0 Å². The molecular formula is C20H20O3. The van der Waals surface area contributed by atoms with E-state index in [9.17, 15) is 15.0 Å². The highest BCUT2D eigenvalue weighted by Gasteiger charge is 2.35. The highest BCUT2D eigenvalue weighted by molar-refractivity contribution is 6.24. The number of carbonyl (C=O) groups is 1. The molecule has 2 aromatic carbocycles. The van der Waals surface area contributed by atoms with Gasteiger partial charge in [0.2, 0.25) is 0 Å². The molecule has 23 heavy (non-hydrogen) atoms. The number of Topliss-reactive ketones (excluding diaryl/α,β-unsaturated/α-hetero) is 1. The second-order valence-electron chi connectivity index (χ2n) is 5.91. The molecule has 0 fully saturated rings. The van der Waals surface area contributed by atoms with Crippen LogP contribution in [0, 0.1) is 5.92 Å². The van der Waals surface area contributed by atoms with E-state index in [2.05, 4.69) is 0 Å². The average molecular weight is 308 g/mol. The van der Waals surface area contributed by atoms with Gasteiger partial charge in [0.15, 0.2) is 5.78 Å². The summed E-state index contributed by atoms with van der Waals surface area (Å²) < 4.78 is 0. The van der Waals surface area contributed by atoms with Crippen LogP contribution in [0.4, 0.5) is 0 Å². The summed E-state index contributed by atoms with van der Waals surface area (Å²) in [5.41, 5.74) is 3.08. The molecule has 1 unspecified atom stereocenters. The summed E-state index contributed by atoms with van der Waals surface area (Å²) in [6.07, 6.45) is -0.0609. The summed E-state index contributed by atoms with van der Waals surface area (Å²) >= 11 is 0. The smallest absolute Gasteiger partial charge is 0.164 e. The van der Waals surface area contributed by atoms with Crippen molar-refractivity contribution < 1.29 is 15.0 Å². The van der Waals surface area contributed by atoms with Crippen LogP contribution < -0.4 is 0 Å². The molecule has 0 saturated heterocycles. The van der Waals surface area contributed by atoms with E-state index in [1.54, 1.807) is 0 Å². The monoisotopic (exact) mass is 308 g/mol. The van der Waals surface area contributed by atoms with Gasteiger partial charge in [-0.3, -0.25) is 4.79 Å². The van der Waals surface area contributed by atoms with E-state index in [1.165, 1.54) is 0 Å². The van der Waals surface area contributed by atoms with Crippen LogP contribution in [0.2, 0.25) is 0 Å². The molecule has 3 heteroatoms. The van der Waals surface area contributed by atoms with Gasteiger partial charge in [-0.1, -0.05) is 60.7 Å². The molecule has 1 aliphatic carbocycles. The SMILES string of the molecule is O=C1CC(CO)C([C@@H](O)Cc2ccccc2)=C1c1ccccc1. The molecule has 0 saturated carbocycles. The molecule has 0 aromatic heterocycles. The van der Waals surface area contributed by atoms with Gasteiger partial charge >= 0.3 is 0 Å². The first-order chi connectivity index (χ1) is 11.2. The van der Waals surface area contributed by atoms with E-state index in [0.29, 0.717) is 17.6 Å². The number of aliphatic hydroxyl groups excluding tert-OH is 2. The van der Waals surface area contributed by atoms with Gasteiger partial charge in [0.05, 0.1) is 12.7 Å². The Bertz CT molecular complexity index is 704. The highest BCUT2D eigenvalue weighted by atomic mass is 16.3. The van der Waals surface area contributed by atoms with E-state index in [4.69, 9.17) is 0 Å². The lowest BCUT2D eigenvalue weighted by molar-refractivity contribution is -0.113. The summed E-state index contributed by atoms with van der Waals surface area (Å²) in [5.74, 6) is -0.297. The highest BCUT2D eigenvalue weighted by Crippen LogP contribution is 2.38. The number of rotatable bonds is 5. The van der Waals surface area contributed by atoms with E-state index in [0.717, 1.165) is 11.1 Å². The maximum atomic E-state index is 12.4. The Morgan fingerprint density at radius 3 is 2.22 bits per heavy atom. The second-order valence-corrected chi connectivity index (χ2v) is 5.91. The number of benzene rings is 2. The molecule has 0 spiro atoms. The van der Waals surface area contributed by atoms with E-state index in [1.807, 2.05) is 60.7 Å². The lowest BCUT2D eigenvalue weighted by Gasteiger charge is -2.19. The summed E-state index contributed by atoms with van der Waals surface area (Å²) in [5, 5.41) is 20.4. The number of hydrogen-bond acceptors (Lipinski definition) is 3. The number of ketones is 1. The fraction of sp³-hybridized carbons (Fsp3) is 0.250. The second kappa shape index (κ2) is 6.90. The van der Waals surface area contributed by atoms with Crippen molar-refractivity contribution in [3.63, 3.8) is 0 Å². The van der Waals surface area contributed by atoms with Gasteiger partial charge in [0.1, 0.15) is 0 Å². The molecular weight excluding hydrogens is 288 g/mol. The van der Waals surface area contributed by atoms with Crippen molar-refractivity contribution in [2.75, 3.05) is 6.61 Å². The third-order valence-electron chi connectivity index (χ3n) is 4.35. The van der Waals surface area contributed by atoms with E-state index < -0.39 is 6.10 Å². The standard InChI is InChI=1S/C20H20O3/c21-13-16-12-18(23)19(15-9-5-2-6-10-15)20(16)17(22)11-14-7-3-1-4-8-14/h1-10,16-17,21-22H,11-13H2/t16?,17-/m0/s1. The molecule has 0 heterocycles. The zero-order valence-electron chi connectivity index (χ0n) is 12.9. The van der Waals surface area contributed by atoms with Crippen molar-refractivity contribution in [1.82, 2.24) is 0 Å². The van der Waals surface area contributed by atoms with Gasteiger partial charge in [0, 0.05) is 24.3 Å². The number of hydrogen-bond donors (Lipinski definition) is 2. The third-order valence-corrected chi connectivity index (χ3v) is 4.35. The minimum absolute atomic E-state index is 0.00244. The number of aliphatic hydroxyl groups is 2. The number of carbonyl (C=O) groups excluding carboxylic acids is 1. The third kappa shape index (κ3) is 3.26. The topological polar surface area (TPSA) is 57.5 Å². The van der Waals surface area contributed by atoms with Gasteiger partial charge in [-0.2, -0.15) is 0 Å².